The summed E-state index contributed by atoms with van der Waals surface area (Å²) in [7, 11) is 1.65. The zero-order valence-corrected chi connectivity index (χ0v) is 11.4. The number of carbonyl (C=O) groups is 1. The fourth-order valence-electron chi connectivity index (χ4n) is 1.96. The van der Waals surface area contributed by atoms with Crippen LogP contribution in [0.4, 0.5) is 4.79 Å². The van der Waals surface area contributed by atoms with Crippen molar-refractivity contribution in [2.45, 2.75) is 26.4 Å². The number of hydrogen-bond donors (Lipinski definition) is 1. The van der Waals surface area contributed by atoms with Gasteiger partial charge in [0.05, 0.1) is 0 Å². The molecule has 0 spiro atoms. The van der Waals surface area contributed by atoms with Gasteiger partial charge in [-0.1, -0.05) is 13.8 Å². The number of aliphatic imine (C=N–C) groups is 1. The molecule has 1 N–H and O–H groups in total. The molecule has 0 saturated carbocycles. The minimum absolute atomic E-state index is 0.0103. The van der Waals surface area contributed by atoms with Crippen LogP contribution in [-0.2, 0) is 0 Å². The smallest absolute Gasteiger partial charge is 0.302 e. The number of fused-ring (bicyclic) bond motifs is 1. The topological polar surface area (TPSA) is 59.4 Å². The van der Waals surface area contributed by atoms with Crippen LogP contribution >= 0.6 is 11.6 Å². The Balaban J connectivity index is 2.24. The van der Waals surface area contributed by atoms with Crippen molar-refractivity contribution in [1.82, 2.24) is 14.9 Å². The number of rotatable bonds is 3. The van der Waals surface area contributed by atoms with Crippen molar-refractivity contribution in [2.24, 2.45) is 10.9 Å². The normalized spacial score (nSPS) is 23.6. The lowest BCUT2D eigenvalue weighted by atomic mass is 10.1. The Morgan fingerprint density at radius 2 is 2.22 bits per heavy atom. The van der Waals surface area contributed by atoms with E-state index >= 15 is 0 Å². The predicted molar refractivity (Wildman–Crippen MR) is 68.1 cm³/mol. The maximum atomic E-state index is 12.1. The number of hydrogen-bond acceptors (Lipinski definition) is 4. The zero-order valence-electron chi connectivity index (χ0n) is 10.7. The standard InChI is InChI=1S/C11H17ClN4O2/c1-7(2)4-5-15-9-8(6-14(3)11(15)17)16(18)10(12)13-9/h6-7,9,18H,4-5H2,1-3H3. The van der Waals surface area contributed by atoms with Gasteiger partial charge in [0.25, 0.3) is 0 Å². The number of urea groups is 1. The summed E-state index contributed by atoms with van der Waals surface area (Å²) in [5.41, 5.74) is 0.505. The molecule has 0 fully saturated rings. The van der Waals surface area contributed by atoms with Crippen molar-refractivity contribution in [1.29, 1.82) is 0 Å². The molecule has 1 unspecified atom stereocenters. The minimum atomic E-state index is -0.509. The molecule has 2 aliphatic heterocycles. The molecule has 7 heteroatoms. The van der Waals surface area contributed by atoms with Crippen LogP contribution in [0.1, 0.15) is 20.3 Å². The molecule has 1 atom stereocenters. The molecule has 0 bridgehead atoms. The van der Waals surface area contributed by atoms with Crippen molar-refractivity contribution in [3.05, 3.63) is 11.9 Å². The van der Waals surface area contributed by atoms with Crippen LogP contribution in [0.2, 0.25) is 0 Å². The molecule has 0 saturated heterocycles. The lowest BCUT2D eigenvalue weighted by molar-refractivity contribution is 0.0154. The Labute approximate surface area is 111 Å². The van der Waals surface area contributed by atoms with E-state index in [1.807, 2.05) is 0 Å². The van der Waals surface area contributed by atoms with Crippen LogP contribution < -0.4 is 0 Å². The summed E-state index contributed by atoms with van der Waals surface area (Å²) in [4.78, 5) is 19.2. The van der Waals surface area contributed by atoms with Gasteiger partial charge in [0.2, 0.25) is 5.29 Å². The molecule has 2 heterocycles. The largest absolute Gasteiger partial charge is 0.325 e. The van der Waals surface area contributed by atoms with Crippen LogP contribution in [0.25, 0.3) is 0 Å². The van der Waals surface area contributed by atoms with Crippen molar-refractivity contribution in [3.63, 3.8) is 0 Å². The second-order valence-corrected chi connectivity index (χ2v) is 5.25. The van der Waals surface area contributed by atoms with E-state index in [2.05, 4.69) is 18.8 Å². The Hall–Kier alpha value is -1.27. The molecule has 100 valence electrons. The number of carbonyl (C=O) groups excluding carboxylic acids is 1. The minimum Gasteiger partial charge on any atom is -0.302 e. The van der Waals surface area contributed by atoms with Crippen molar-refractivity contribution in [2.75, 3.05) is 13.6 Å². The molecular formula is C11H17ClN4O2. The number of nitrogens with zero attached hydrogens (tertiary/aromatic N) is 4. The SMILES string of the molecule is CC(C)CCN1C(=O)N(C)C=C2C1N=C(Cl)N2O. The van der Waals surface area contributed by atoms with E-state index in [-0.39, 0.29) is 11.3 Å². The molecular weight excluding hydrogens is 256 g/mol. The summed E-state index contributed by atoms with van der Waals surface area (Å²) in [6.45, 7) is 4.78. The maximum absolute atomic E-state index is 12.1. The third kappa shape index (κ3) is 2.18. The number of hydroxylamine groups is 2. The first kappa shape index (κ1) is 13.2. The lowest BCUT2D eigenvalue weighted by Gasteiger charge is -2.35. The third-order valence-electron chi connectivity index (χ3n) is 3.03. The van der Waals surface area contributed by atoms with E-state index in [0.29, 0.717) is 18.2 Å². The molecule has 0 radical (unpaired) electrons. The van der Waals surface area contributed by atoms with Gasteiger partial charge in [-0.25, -0.2) is 9.79 Å². The summed E-state index contributed by atoms with van der Waals surface area (Å²) >= 11 is 5.79. The molecule has 0 aliphatic carbocycles. The Kier molecular flexibility index (Phi) is 3.49. The Morgan fingerprint density at radius 3 is 2.83 bits per heavy atom. The van der Waals surface area contributed by atoms with Crippen LogP contribution in [0.15, 0.2) is 16.9 Å². The van der Waals surface area contributed by atoms with Gasteiger partial charge in [-0.2, -0.15) is 5.06 Å². The Bertz CT molecular complexity index is 421. The van der Waals surface area contributed by atoms with Gasteiger partial charge >= 0.3 is 6.03 Å². The highest BCUT2D eigenvalue weighted by molar-refractivity contribution is 6.64. The van der Waals surface area contributed by atoms with Crippen LogP contribution in [0.3, 0.4) is 0 Å². The van der Waals surface area contributed by atoms with Crippen LogP contribution in [0, 0.1) is 5.92 Å². The van der Waals surface area contributed by atoms with E-state index in [4.69, 9.17) is 11.6 Å². The summed E-state index contributed by atoms with van der Waals surface area (Å²) in [5, 5.41) is 10.5. The highest BCUT2D eigenvalue weighted by Crippen LogP contribution is 2.29. The van der Waals surface area contributed by atoms with E-state index in [1.54, 1.807) is 18.1 Å². The van der Waals surface area contributed by atoms with Gasteiger partial charge in [-0.15, -0.1) is 0 Å². The first-order chi connectivity index (χ1) is 8.41. The fraction of sp³-hybridized carbons (Fsp3) is 0.636. The van der Waals surface area contributed by atoms with Crippen LogP contribution in [-0.4, -0.2) is 51.2 Å². The zero-order chi connectivity index (χ0) is 13.4. The average molecular weight is 273 g/mol. The second-order valence-electron chi connectivity index (χ2n) is 4.91. The summed E-state index contributed by atoms with van der Waals surface area (Å²) in [5.74, 6) is 0.489. The highest BCUT2D eigenvalue weighted by atomic mass is 35.5. The molecule has 2 aliphatic rings. The van der Waals surface area contributed by atoms with E-state index in [0.717, 1.165) is 11.5 Å². The molecule has 18 heavy (non-hydrogen) atoms. The first-order valence-corrected chi connectivity index (χ1v) is 6.27. The molecule has 0 aromatic rings. The molecule has 2 rings (SSSR count). The maximum Gasteiger partial charge on any atom is 0.325 e. The van der Waals surface area contributed by atoms with E-state index < -0.39 is 6.17 Å². The van der Waals surface area contributed by atoms with Gasteiger partial charge in [-0.3, -0.25) is 10.1 Å². The highest BCUT2D eigenvalue weighted by Gasteiger charge is 2.40. The van der Waals surface area contributed by atoms with Gasteiger partial charge < -0.3 is 4.90 Å². The molecule has 0 aromatic heterocycles. The number of amidine groups is 1. The predicted octanol–water partition coefficient (Wildman–Crippen LogP) is 1.87. The van der Waals surface area contributed by atoms with E-state index in [9.17, 15) is 10.0 Å². The average Bonchev–Trinajstić information content (AvgIpc) is 2.56. The van der Waals surface area contributed by atoms with Crippen molar-refractivity contribution >= 4 is 22.9 Å². The Morgan fingerprint density at radius 1 is 1.56 bits per heavy atom. The van der Waals surface area contributed by atoms with Crippen molar-refractivity contribution < 1.29 is 10.0 Å². The van der Waals surface area contributed by atoms with Gasteiger partial charge in [0, 0.05) is 19.8 Å². The van der Waals surface area contributed by atoms with Crippen molar-refractivity contribution in [3.8, 4) is 0 Å². The summed E-state index contributed by atoms with van der Waals surface area (Å²) < 4.78 is 0. The summed E-state index contributed by atoms with van der Waals surface area (Å²) in [6, 6.07) is -0.132. The fourth-order valence-corrected chi connectivity index (χ4v) is 2.15. The third-order valence-corrected chi connectivity index (χ3v) is 3.29. The number of halogens is 1. The molecule has 2 amide bonds. The quantitative estimate of drug-likeness (QED) is 0.798. The second kappa shape index (κ2) is 4.78. The van der Waals surface area contributed by atoms with Gasteiger partial charge in [0.15, 0.2) is 6.17 Å². The lowest BCUT2D eigenvalue weighted by Crippen LogP contribution is -2.50. The summed E-state index contributed by atoms with van der Waals surface area (Å²) in [6.07, 6.45) is 1.92. The van der Waals surface area contributed by atoms with Gasteiger partial charge in [0.1, 0.15) is 5.70 Å². The van der Waals surface area contributed by atoms with Gasteiger partial charge in [-0.05, 0) is 23.9 Å². The molecule has 0 aromatic carbocycles. The molecule has 6 nitrogen and oxygen atoms in total. The van der Waals surface area contributed by atoms with Crippen LogP contribution in [0.5, 0.6) is 0 Å². The van der Waals surface area contributed by atoms with E-state index in [1.165, 1.54) is 4.90 Å². The number of amides is 2. The first-order valence-electron chi connectivity index (χ1n) is 5.89. The monoisotopic (exact) mass is 272 g/mol.